The van der Waals surface area contributed by atoms with Gasteiger partial charge in [0, 0.05) is 26.9 Å². The fourth-order valence-corrected chi connectivity index (χ4v) is 2.58. The first-order chi connectivity index (χ1) is 13.3. The number of carbonyl (C=O) groups excluding carboxylic acids is 1. The number of hydrogen-bond donors (Lipinski definition) is 2. The summed E-state index contributed by atoms with van der Waals surface area (Å²) in [6.07, 6.45) is 1.02. The van der Waals surface area contributed by atoms with Crippen LogP contribution >= 0.6 is 0 Å². The lowest BCUT2D eigenvalue weighted by Gasteiger charge is -2.21. The van der Waals surface area contributed by atoms with Crippen molar-refractivity contribution >= 4 is 17.8 Å². The molecule has 28 heavy (non-hydrogen) atoms. The largest absolute Gasteiger partial charge is 0.481 e. The summed E-state index contributed by atoms with van der Waals surface area (Å²) in [5.41, 5.74) is 2.06. The Morgan fingerprint density at radius 1 is 0.750 bits per heavy atom. The van der Waals surface area contributed by atoms with E-state index in [1.807, 2.05) is 60.7 Å². The maximum Gasteiger partial charge on any atom is 0.303 e. The maximum absolute atomic E-state index is 12.4. The molecule has 6 heteroatoms. The van der Waals surface area contributed by atoms with Crippen LogP contribution in [0, 0.1) is 0 Å². The van der Waals surface area contributed by atoms with E-state index in [0.717, 1.165) is 11.1 Å². The van der Waals surface area contributed by atoms with Crippen LogP contribution in [0.1, 0.15) is 42.7 Å². The van der Waals surface area contributed by atoms with Crippen LogP contribution in [0.3, 0.4) is 0 Å². The molecule has 0 aliphatic rings. The Hall–Kier alpha value is -3.15. The molecule has 2 N–H and O–H groups in total. The second-order valence-electron chi connectivity index (χ2n) is 6.48. The van der Waals surface area contributed by atoms with Crippen LogP contribution in [-0.2, 0) is 14.4 Å². The number of carbonyl (C=O) groups is 3. The summed E-state index contributed by atoms with van der Waals surface area (Å²) in [6.45, 7) is 0. The number of benzene rings is 2. The topological polar surface area (TPSA) is 94.9 Å². The minimum absolute atomic E-state index is 0.0628. The number of hydrogen-bond acceptors (Lipinski definition) is 3. The van der Waals surface area contributed by atoms with Gasteiger partial charge in [0.1, 0.15) is 0 Å². The van der Waals surface area contributed by atoms with Crippen molar-refractivity contribution < 1.29 is 24.6 Å². The Labute approximate surface area is 165 Å². The van der Waals surface area contributed by atoms with Gasteiger partial charge in [-0.05, 0) is 24.0 Å². The lowest BCUT2D eigenvalue weighted by molar-refractivity contribution is -0.139. The molecule has 0 bridgehead atoms. The molecular weight excluding hydrogens is 358 g/mol. The molecule has 0 atom stereocenters. The molecule has 6 nitrogen and oxygen atoms in total. The highest BCUT2D eigenvalue weighted by Gasteiger charge is 2.23. The van der Waals surface area contributed by atoms with Gasteiger partial charge in [0.2, 0.25) is 5.91 Å². The molecule has 2 aromatic rings. The molecule has 2 rings (SSSR count). The molecule has 0 aliphatic carbocycles. The molecule has 0 radical (unpaired) electrons. The van der Waals surface area contributed by atoms with Crippen LogP contribution < -0.4 is 0 Å². The third-order valence-electron chi connectivity index (χ3n) is 3.98. The van der Waals surface area contributed by atoms with E-state index in [-0.39, 0.29) is 24.7 Å². The first kappa shape index (κ1) is 22.9. The van der Waals surface area contributed by atoms with E-state index >= 15 is 0 Å². The van der Waals surface area contributed by atoms with Crippen LogP contribution in [0.2, 0.25) is 0 Å². The number of aliphatic carboxylic acids is 2. The van der Waals surface area contributed by atoms with Gasteiger partial charge in [-0.25, -0.2) is 0 Å². The van der Waals surface area contributed by atoms with Crippen molar-refractivity contribution in [3.8, 4) is 0 Å². The monoisotopic (exact) mass is 385 g/mol. The highest BCUT2D eigenvalue weighted by Crippen LogP contribution is 2.25. The number of carboxylic acid groups (broad SMARTS) is 2. The molecule has 0 heterocycles. The van der Waals surface area contributed by atoms with Gasteiger partial charge in [-0.2, -0.15) is 0 Å². The summed E-state index contributed by atoms with van der Waals surface area (Å²) in [5, 5.41) is 16.3. The summed E-state index contributed by atoms with van der Waals surface area (Å²) in [5.74, 6) is -1.86. The third-order valence-corrected chi connectivity index (χ3v) is 3.98. The van der Waals surface area contributed by atoms with Gasteiger partial charge in [0.15, 0.2) is 0 Å². The second-order valence-corrected chi connectivity index (χ2v) is 6.48. The number of rotatable bonds is 8. The van der Waals surface area contributed by atoms with E-state index < -0.39 is 11.9 Å². The van der Waals surface area contributed by atoms with Crippen LogP contribution in [0.25, 0.3) is 0 Å². The summed E-state index contributed by atoms with van der Waals surface area (Å²) in [7, 11) is 3.59. The lowest BCUT2D eigenvalue weighted by Crippen LogP contribution is -2.28. The van der Waals surface area contributed by atoms with Crippen LogP contribution in [-0.4, -0.2) is 47.1 Å². The van der Waals surface area contributed by atoms with Crippen molar-refractivity contribution in [3.05, 3.63) is 71.8 Å². The number of carboxylic acids is 2. The molecule has 150 valence electrons. The van der Waals surface area contributed by atoms with Gasteiger partial charge in [0.25, 0.3) is 0 Å². The number of nitrogens with zero attached hydrogens (tertiary/aromatic N) is 1. The quantitative estimate of drug-likeness (QED) is 0.677. The molecule has 1 amide bonds. The van der Waals surface area contributed by atoms with Gasteiger partial charge in [-0.15, -0.1) is 0 Å². The Balaban J connectivity index is 0.000000336. The predicted molar refractivity (Wildman–Crippen MR) is 107 cm³/mol. The SMILES string of the molecule is CN(C)C(=O)C(c1ccccc1)c1ccccc1.O=C(O)CCCCC(=O)O. The predicted octanol–water partition coefficient (Wildman–Crippen LogP) is 3.62. The molecule has 0 fully saturated rings. The normalized spacial score (nSPS) is 9.96. The standard InChI is InChI=1S/C16H17NO.C6H10O4/c1-17(2)16(18)15(13-9-5-3-6-10-13)14-11-7-4-8-12-14;7-5(8)3-1-2-4-6(9)10/h3-12,15H,1-2H3;1-4H2,(H,7,8)(H,9,10). The molecule has 0 aromatic heterocycles. The summed E-state index contributed by atoms with van der Waals surface area (Å²) >= 11 is 0. The molecular formula is C22H27NO5. The minimum atomic E-state index is -0.870. The van der Waals surface area contributed by atoms with Gasteiger partial charge in [-0.1, -0.05) is 60.7 Å². The maximum atomic E-state index is 12.4. The van der Waals surface area contributed by atoms with Gasteiger partial charge < -0.3 is 15.1 Å². The Bertz CT molecular complexity index is 689. The van der Waals surface area contributed by atoms with Crippen LogP contribution in [0.15, 0.2) is 60.7 Å². The highest BCUT2D eigenvalue weighted by molar-refractivity contribution is 5.86. The highest BCUT2D eigenvalue weighted by atomic mass is 16.4. The van der Waals surface area contributed by atoms with E-state index in [1.54, 1.807) is 19.0 Å². The van der Waals surface area contributed by atoms with E-state index in [2.05, 4.69) is 0 Å². The second kappa shape index (κ2) is 12.3. The molecule has 0 unspecified atom stereocenters. The third kappa shape index (κ3) is 8.49. The van der Waals surface area contributed by atoms with E-state index in [0.29, 0.717) is 12.8 Å². The Kier molecular flexibility index (Phi) is 10.0. The fraction of sp³-hybridized carbons (Fsp3) is 0.318. The summed E-state index contributed by atoms with van der Waals surface area (Å²) in [4.78, 5) is 33.8. The number of likely N-dealkylation sites (N-methyl/N-ethyl adjacent to an activating group) is 1. The van der Waals surface area contributed by atoms with Crippen LogP contribution in [0.5, 0.6) is 0 Å². The Morgan fingerprint density at radius 2 is 1.11 bits per heavy atom. The summed E-state index contributed by atoms with van der Waals surface area (Å²) < 4.78 is 0. The molecule has 0 saturated carbocycles. The molecule has 2 aromatic carbocycles. The van der Waals surface area contributed by atoms with Gasteiger partial charge in [-0.3, -0.25) is 14.4 Å². The van der Waals surface area contributed by atoms with E-state index in [9.17, 15) is 14.4 Å². The van der Waals surface area contributed by atoms with Crippen molar-refractivity contribution in [1.29, 1.82) is 0 Å². The van der Waals surface area contributed by atoms with E-state index in [1.165, 1.54) is 0 Å². The van der Waals surface area contributed by atoms with Gasteiger partial charge in [0.05, 0.1) is 5.92 Å². The summed E-state index contributed by atoms with van der Waals surface area (Å²) in [6, 6.07) is 19.8. The van der Waals surface area contributed by atoms with Crippen molar-refractivity contribution in [2.24, 2.45) is 0 Å². The van der Waals surface area contributed by atoms with Gasteiger partial charge >= 0.3 is 11.9 Å². The number of amides is 1. The molecule has 0 aliphatic heterocycles. The average molecular weight is 385 g/mol. The Morgan fingerprint density at radius 3 is 1.39 bits per heavy atom. The minimum Gasteiger partial charge on any atom is -0.481 e. The molecule has 0 spiro atoms. The lowest BCUT2D eigenvalue weighted by atomic mass is 9.90. The smallest absolute Gasteiger partial charge is 0.303 e. The average Bonchev–Trinajstić information content (AvgIpc) is 2.67. The number of unbranched alkanes of at least 4 members (excludes halogenated alkanes) is 1. The fourth-order valence-electron chi connectivity index (χ4n) is 2.58. The zero-order valence-electron chi connectivity index (χ0n) is 16.2. The van der Waals surface area contributed by atoms with Crippen molar-refractivity contribution in [2.45, 2.75) is 31.6 Å². The first-order valence-electron chi connectivity index (χ1n) is 9.07. The first-order valence-corrected chi connectivity index (χ1v) is 9.07. The molecule has 0 saturated heterocycles. The van der Waals surface area contributed by atoms with E-state index in [4.69, 9.17) is 10.2 Å². The zero-order valence-corrected chi connectivity index (χ0v) is 16.2. The van der Waals surface area contributed by atoms with Crippen molar-refractivity contribution in [2.75, 3.05) is 14.1 Å². The van der Waals surface area contributed by atoms with Crippen LogP contribution in [0.4, 0.5) is 0 Å². The van der Waals surface area contributed by atoms with Crippen molar-refractivity contribution in [1.82, 2.24) is 4.90 Å². The van der Waals surface area contributed by atoms with Crippen molar-refractivity contribution in [3.63, 3.8) is 0 Å². The zero-order chi connectivity index (χ0) is 20.9.